The lowest BCUT2D eigenvalue weighted by Gasteiger charge is -2.01. The Balaban J connectivity index is 2.63. The lowest BCUT2D eigenvalue weighted by molar-refractivity contribution is -0.145. The normalized spacial score (nSPS) is 28.6. The highest BCUT2D eigenvalue weighted by molar-refractivity contribution is 5.78. The summed E-state index contributed by atoms with van der Waals surface area (Å²) in [5.41, 5.74) is 0.00919. The van der Waals surface area contributed by atoms with Gasteiger partial charge in [0.25, 0.3) is 0 Å². The van der Waals surface area contributed by atoms with Gasteiger partial charge in [-0.25, -0.2) is 0 Å². The number of carbonyl (C=O) groups is 1. The predicted molar refractivity (Wildman–Crippen MR) is 50.8 cm³/mol. The summed E-state index contributed by atoms with van der Waals surface area (Å²) in [5, 5.41) is 0. The molecular weight excluding hydrogens is 164 g/mol. The second-order valence-corrected chi connectivity index (χ2v) is 3.92. The van der Waals surface area contributed by atoms with Gasteiger partial charge in [-0.15, -0.1) is 5.92 Å². The topological polar surface area (TPSA) is 26.3 Å². The first kappa shape index (κ1) is 10.1. The van der Waals surface area contributed by atoms with Crippen molar-refractivity contribution in [1.29, 1.82) is 0 Å². The third kappa shape index (κ3) is 1.70. The molecule has 0 aromatic heterocycles. The van der Waals surface area contributed by atoms with Crippen LogP contribution in [0.2, 0.25) is 0 Å². The molecule has 13 heavy (non-hydrogen) atoms. The average molecular weight is 180 g/mol. The fourth-order valence-electron chi connectivity index (χ4n) is 1.73. The van der Waals surface area contributed by atoms with Gasteiger partial charge in [0.15, 0.2) is 0 Å². The molecule has 0 spiro atoms. The summed E-state index contributed by atoms with van der Waals surface area (Å²) < 4.78 is 4.97. The molecule has 0 saturated heterocycles. The third-order valence-electron chi connectivity index (χ3n) is 2.67. The fourth-order valence-corrected chi connectivity index (χ4v) is 1.73. The standard InChI is InChI=1S/C11H16O2/c1-5-7-8-9(11(8,3)4)10(12)13-6-2/h8-9H,6H2,1-4H3. The van der Waals surface area contributed by atoms with Gasteiger partial charge in [0.2, 0.25) is 0 Å². The second-order valence-electron chi connectivity index (χ2n) is 3.92. The van der Waals surface area contributed by atoms with E-state index in [1.54, 1.807) is 6.92 Å². The zero-order valence-electron chi connectivity index (χ0n) is 8.68. The van der Waals surface area contributed by atoms with Gasteiger partial charge in [-0.3, -0.25) is 4.79 Å². The minimum atomic E-state index is -0.0970. The molecule has 1 aliphatic rings. The first-order chi connectivity index (χ1) is 6.05. The molecule has 0 aliphatic heterocycles. The van der Waals surface area contributed by atoms with Crippen molar-refractivity contribution in [3.05, 3.63) is 0 Å². The molecule has 2 nitrogen and oxygen atoms in total. The number of rotatable bonds is 2. The van der Waals surface area contributed by atoms with E-state index < -0.39 is 0 Å². The van der Waals surface area contributed by atoms with Crippen LogP contribution < -0.4 is 0 Å². The van der Waals surface area contributed by atoms with Crippen LogP contribution in [0.3, 0.4) is 0 Å². The van der Waals surface area contributed by atoms with E-state index >= 15 is 0 Å². The highest BCUT2D eigenvalue weighted by Crippen LogP contribution is 2.58. The molecule has 2 atom stereocenters. The number of carbonyl (C=O) groups excluding carboxylic acids is 1. The summed E-state index contributed by atoms with van der Waals surface area (Å²) >= 11 is 0. The van der Waals surface area contributed by atoms with Crippen molar-refractivity contribution >= 4 is 5.97 Å². The summed E-state index contributed by atoms with van der Waals surface area (Å²) in [4.78, 5) is 11.4. The van der Waals surface area contributed by atoms with Gasteiger partial charge >= 0.3 is 5.97 Å². The van der Waals surface area contributed by atoms with Crippen molar-refractivity contribution in [1.82, 2.24) is 0 Å². The maximum absolute atomic E-state index is 11.4. The zero-order chi connectivity index (χ0) is 10.1. The second kappa shape index (κ2) is 3.41. The number of hydrogen-bond donors (Lipinski definition) is 0. The van der Waals surface area contributed by atoms with Crippen LogP contribution in [0.5, 0.6) is 0 Å². The number of hydrogen-bond acceptors (Lipinski definition) is 2. The van der Waals surface area contributed by atoms with Gasteiger partial charge in [0.05, 0.1) is 12.5 Å². The molecule has 0 aromatic rings. The summed E-state index contributed by atoms with van der Waals surface area (Å²) in [7, 11) is 0. The first-order valence-corrected chi connectivity index (χ1v) is 4.64. The Labute approximate surface area is 79.7 Å². The van der Waals surface area contributed by atoms with Crippen LogP contribution in [0.15, 0.2) is 0 Å². The van der Waals surface area contributed by atoms with Gasteiger partial charge in [-0.2, -0.15) is 0 Å². The van der Waals surface area contributed by atoms with E-state index in [1.807, 2.05) is 6.92 Å². The summed E-state index contributed by atoms with van der Waals surface area (Å²) in [6.45, 7) is 8.20. The van der Waals surface area contributed by atoms with Crippen LogP contribution in [0.25, 0.3) is 0 Å². The molecule has 2 unspecified atom stereocenters. The Morgan fingerprint density at radius 2 is 2.15 bits per heavy atom. The lowest BCUT2D eigenvalue weighted by Crippen LogP contribution is -2.10. The summed E-state index contributed by atoms with van der Waals surface area (Å²) in [6.07, 6.45) is 0. The molecule has 0 heterocycles. The van der Waals surface area contributed by atoms with Crippen molar-refractivity contribution in [2.45, 2.75) is 27.7 Å². The van der Waals surface area contributed by atoms with E-state index in [-0.39, 0.29) is 23.2 Å². The van der Waals surface area contributed by atoms with Gasteiger partial charge in [0, 0.05) is 5.92 Å². The Morgan fingerprint density at radius 3 is 2.62 bits per heavy atom. The third-order valence-corrected chi connectivity index (χ3v) is 2.67. The monoisotopic (exact) mass is 180 g/mol. The van der Waals surface area contributed by atoms with Crippen LogP contribution >= 0.6 is 0 Å². The van der Waals surface area contributed by atoms with Gasteiger partial charge in [-0.1, -0.05) is 19.8 Å². The lowest BCUT2D eigenvalue weighted by atomic mass is 10.1. The molecule has 1 rings (SSSR count). The van der Waals surface area contributed by atoms with Crippen LogP contribution in [0.4, 0.5) is 0 Å². The van der Waals surface area contributed by atoms with Crippen LogP contribution in [-0.4, -0.2) is 12.6 Å². The number of ether oxygens (including phenoxy) is 1. The van der Waals surface area contributed by atoms with E-state index in [0.717, 1.165) is 0 Å². The van der Waals surface area contributed by atoms with Crippen LogP contribution in [-0.2, 0) is 9.53 Å². The zero-order valence-corrected chi connectivity index (χ0v) is 8.68. The summed E-state index contributed by atoms with van der Waals surface area (Å²) in [5.74, 6) is 5.98. The molecule has 72 valence electrons. The van der Waals surface area contributed by atoms with Crippen LogP contribution in [0, 0.1) is 29.1 Å². The Morgan fingerprint density at radius 1 is 1.54 bits per heavy atom. The SMILES string of the molecule is CC#CC1C(C(=O)OCC)C1(C)C. The molecular formula is C11H16O2. The maximum atomic E-state index is 11.4. The summed E-state index contributed by atoms with van der Waals surface area (Å²) in [6, 6.07) is 0. The van der Waals surface area contributed by atoms with Crippen molar-refractivity contribution in [3.8, 4) is 11.8 Å². The Hall–Kier alpha value is -0.970. The van der Waals surface area contributed by atoms with Gasteiger partial charge in [-0.05, 0) is 19.3 Å². The molecule has 1 fully saturated rings. The highest BCUT2D eigenvalue weighted by atomic mass is 16.5. The minimum absolute atomic E-state index is 0.00919. The van der Waals surface area contributed by atoms with Crippen LogP contribution in [0.1, 0.15) is 27.7 Å². The maximum Gasteiger partial charge on any atom is 0.310 e. The highest BCUT2D eigenvalue weighted by Gasteiger charge is 2.62. The molecule has 0 aromatic carbocycles. The Kier molecular flexibility index (Phi) is 2.66. The van der Waals surface area contributed by atoms with E-state index in [9.17, 15) is 4.79 Å². The van der Waals surface area contributed by atoms with E-state index in [2.05, 4.69) is 25.7 Å². The largest absolute Gasteiger partial charge is 0.466 e. The Bertz CT molecular complexity index is 268. The van der Waals surface area contributed by atoms with Gasteiger partial charge < -0.3 is 4.74 Å². The van der Waals surface area contributed by atoms with Crippen molar-refractivity contribution in [2.75, 3.05) is 6.61 Å². The molecule has 0 radical (unpaired) electrons. The van der Waals surface area contributed by atoms with Crippen molar-refractivity contribution in [2.24, 2.45) is 17.3 Å². The molecule has 0 N–H and O–H groups in total. The molecule has 1 aliphatic carbocycles. The molecule has 0 amide bonds. The quantitative estimate of drug-likeness (QED) is 0.479. The first-order valence-electron chi connectivity index (χ1n) is 4.64. The fraction of sp³-hybridized carbons (Fsp3) is 0.727. The smallest absolute Gasteiger partial charge is 0.310 e. The minimum Gasteiger partial charge on any atom is -0.466 e. The predicted octanol–water partition coefficient (Wildman–Crippen LogP) is 1.84. The average Bonchev–Trinajstić information content (AvgIpc) is 2.55. The van der Waals surface area contributed by atoms with Crippen molar-refractivity contribution < 1.29 is 9.53 Å². The van der Waals surface area contributed by atoms with E-state index in [0.29, 0.717) is 6.61 Å². The van der Waals surface area contributed by atoms with E-state index in [1.165, 1.54) is 0 Å². The van der Waals surface area contributed by atoms with E-state index in [4.69, 9.17) is 4.74 Å². The van der Waals surface area contributed by atoms with Crippen molar-refractivity contribution in [3.63, 3.8) is 0 Å². The molecule has 0 bridgehead atoms. The molecule has 2 heteroatoms. The molecule has 1 saturated carbocycles. The van der Waals surface area contributed by atoms with Gasteiger partial charge in [0.1, 0.15) is 0 Å². The number of esters is 1.